The largest absolute Gasteiger partial charge is 0.363 e. The molecule has 0 bridgehead atoms. The Balaban J connectivity index is 2.02. The first-order valence-corrected chi connectivity index (χ1v) is 8.95. The van der Waals surface area contributed by atoms with E-state index in [1.54, 1.807) is 26.1 Å². The molecule has 1 aromatic carbocycles. The van der Waals surface area contributed by atoms with Gasteiger partial charge in [0.25, 0.3) is 5.92 Å². The van der Waals surface area contributed by atoms with Crippen LogP contribution < -0.4 is 11.1 Å². The van der Waals surface area contributed by atoms with Crippen molar-refractivity contribution in [3.63, 3.8) is 0 Å². The van der Waals surface area contributed by atoms with Crippen molar-refractivity contribution in [2.24, 2.45) is 5.73 Å². The van der Waals surface area contributed by atoms with Gasteiger partial charge in [0.15, 0.2) is 0 Å². The standard InChI is InChI=1S/C18H17BrF3N5/c1-9(11-4-3-5-13(16(11)20)18(21,22)8-23)25-17-12-6-15(19)24-7-14(12)26-10(2)27-17/h3-7,9H,8,23H2,1-2H3,(H,25,26,27)/t9-/m1/s1. The lowest BCUT2D eigenvalue weighted by molar-refractivity contribution is 0.00221. The van der Waals surface area contributed by atoms with E-state index in [-0.39, 0.29) is 5.56 Å². The molecule has 0 fully saturated rings. The third-order valence-electron chi connectivity index (χ3n) is 4.16. The predicted molar refractivity (Wildman–Crippen MR) is 101 cm³/mol. The van der Waals surface area contributed by atoms with Crippen LogP contribution in [-0.2, 0) is 5.92 Å². The summed E-state index contributed by atoms with van der Waals surface area (Å²) in [5.74, 6) is -3.45. The average Bonchev–Trinajstić information content (AvgIpc) is 2.62. The van der Waals surface area contributed by atoms with Crippen LogP contribution in [0, 0.1) is 12.7 Å². The molecule has 142 valence electrons. The van der Waals surface area contributed by atoms with Gasteiger partial charge in [-0.1, -0.05) is 18.2 Å². The molecule has 2 aromatic heterocycles. The monoisotopic (exact) mass is 439 g/mol. The fourth-order valence-corrected chi connectivity index (χ4v) is 3.12. The van der Waals surface area contributed by atoms with Gasteiger partial charge in [-0.05, 0) is 35.8 Å². The fourth-order valence-electron chi connectivity index (χ4n) is 2.79. The van der Waals surface area contributed by atoms with Crippen LogP contribution in [0.25, 0.3) is 10.9 Å². The van der Waals surface area contributed by atoms with Crippen molar-refractivity contribution >= 4 is 32.7 Å². The second-order valence-electron chi connectivity index (χ2n) is 6.13. The van der Waals surface area contributed by atoms with Gasteiger partial charge < -0.3 is 11.1 Å². The zero-order valence-corrected chi connectivity index (χ0v) is 16.2. The van der Waals surface area contributed by atoms with Gasteiger partial charge in [0.2, 0.25) is 0 Å². The second kappa shape index (κ2) is 7.40. The summed E-state index contributed by atoms with van der Waals surface area (Å²) < 4.78 is 43.1. The highest BCUT2D eigenvalue weighted by Crippen LogP contribution is 2.33. The number of rotatable bonds is 5. The number of fused-ring (bicyclic) bond motifs is 1. The number of aromatic nitrogens is 3. The molecule has 0 aliphatic heterocycles. The highest BCUT2D eigenvalue weighted by atomic mass is 79.9. The van der Waals surface area contributed by atoms with Gasteiger partial charge in [-0.25, -0.2) is 19.3 Å². The highest BCUT2D eigenvalue weighted by Gasteiger charge is 2.34. The smallest absolute Gasteiger partial charge is 0.288 e. The number of benzene rings is 1. The molecule has 9 heteroatoms. The minimum Gasteiger partial charge on any atom is -0.363 e. The Kier molecular flexibility index (Phi) is 5.34. The first-order chi connectivity index (χ1) is 12.7. The number of anilines is 1. The van der Waals surface area contributed by atoms with Crippen LogP contribution in [0.3, 0.4) is 0 Å². The van der Waals surface area contributed by atoms with Gasteiger partial charge in [-0.15, -0.1) is 0 Å². The number of hydrogen-bond acceptors (Lipinski definition) is 5. The predicted octanol–water partition coefficient (Wildman–Crippen LogP) is 4.46. The van der Waals surface area contributed by atoms with E-state index in [1.807, 2.05) is 0 Å². The van der Waals surface area contributed by atoms with Crippen LogP contribution in [-0.4, -0.2) is 21.5 Å². The van der Waals surface area contributed by atoms with Crippen molar-refractivity contribution in [1.82, 2.24) is 15.0 Å². The molecule has 0 aliphatic rings. The molecule has 0 aliphatic carbocycles. The molecular weight excluding hydrogens is 423 g/mol. The molecular formula is C18H17BrF3N5. The van der Waals surface area contributed by atoms with Gasteiger partial charge in [-0.3, -0.25) is 0 Å². The Bertz CT molecular complexity index is 996. The number of nitrogens with one attached hydrogen (secondary N) is 1. The summed E-state index contributed by atoms with van der Waals surface area (Å²) in [6.45, 7) is 2.43. The van der Waals surface area contributed by atoms with Crippen LogP contribution in [0.1, 0.15) is 29.9 Å². The van der Waals surface area contributed by atoms with Crippen LogP contribution >= 0.6 is 15.9 Å². The Morgan fingerprint density at radius 2 is 2.04 bits per heavy atom. The molecule has 0 saturated carbocycles. The van der Waals surface area contributed by atoms with Gasteiger partial charge in [0.1, 0.15) is 22.1 Å². The molecule has 3 aromatic rings. The maximum absolute atomic E-state index is 14.7. The molecule has 0 spiro atoms. The zero-order valence-electron chi connectivity index (χ0n) is 14.6. The van der Waals surface area contributed by atoms with Crippen molar-refractivity contribution in [2.75, 3.05) is 11.9 Å². The third kappa shape index (κ3) is 3.89. The van der Waals surface area contributed by atoms with E-state index < -0.39 is 29.9 Å². The Morgan fingerprint density at radius 3 is 2.74 bits per heavy atom. The number of halogens is 4. The summed E-state index contributed by atoms with van der Waals surface area (Å²) in [6, 6.07) is 5.00. The molecule has 1 atom stereocenters. The lowest BCUT2D eigenvalue weighted by Gasteiger charge is -2.21. The normalized spacial score (nSPS) is 13.0. The molecule has 0 unspecified atom stereocenters. The summed E-state index contributed by atoms with van der Waals surface area (Å²) in [7, 11) is 0. The van der Waals surface area contributed by atoms with Crippen molar-refractivity contribution in [1.29, 1.82) is 0 Å². The minimum atomic E-state index is -3.44. The topological polar surface area (TPSA) is 76.7 Å². The molecule has 3 rings (SSSR count). The van der Waals surface area contributed by atoms with Crippen LogP contribution in [0.5, 0.6) is 0 Å². The van der Waals surface area contributed by atoms with Crippen molar-refractivity contribution < 1.29 is 13.2 Å². The molecule has 0 saturated heterocycles. The van der Waals surface area contributed by atoms with Gasteiger partial charge in [-0.2, -0.15) is 8.78 Å². The van der Waals surface area contributed by atoms with Crippen molar-refractivity contribution in [2.45, 2.75) is 25.8 Å². The van der Waals surface area contributed by atoms with E-state index in [2.05, 4.69) is 36.2 Å². The van der Waals surface area contributed by atoms with E-state index >= 15 is 0 Å². The van der Waals surface area contributed by atoms with Gasteiger partial charge in [0, 0.05) is 10.9 Å². The van der Waals surface area contributed by atoms with E-state index in [1.165, 1.54) is 12.1 Å². The third-order valence-corrected chi connectivity index (χ3v) is 4.59. The molecule has 5 nitrogen and oxygen atoms in total. The van der Waals surface area contributed by atoms with Crippen molar-refractivity contribution in [3.8, 4) is 0 Å². The van der Waals surface area contributed by atoms with Crippen molar-refractivity contribution in [3.05, 3.63) is 57.8 Å². The van der Waals surface area contributed by atoms with E-state index in [0.29, 0.717) is 27.1 Å². The van der Waals surface area contributed by atoms with E-state index in [4.69, 9.17) is 5.73 Å². The van der Waals surface area contributed by atoms with E-state index in [0.717, 1.165) is 6.07 Å². The fraction of sp³-hybridized carbons (Fsp3) is 0.278. The Hall–Kier alpha value is -2.26. The summed E-state index contributed by atoms with van der Waals surface area (Å²) >= 11 is 3.30. The highest BCUT2D eigenvalue weighted by molar-refractivity contribution is 9.10. The van der Waals surface area contributed by atoms with E-state index in [9.17, 15) is 13.2 Å². The zero-order chi connectivity index (χ0) is 19.8. The summed E-state index contributed by atoms with van der Waals surface area (Å²) in [4.78, 5) is 12.8. The summed E-state index contributed by atoms with van der Waals surface area (Å²) in [6.07, 6.45) is 1.59. The maximum Gasteiger partial charge on any atom is 0.288 e. The first kappa shape index (κ1) is 19.5. The number of aryl methyl sites for hydroxylation is 1. The molecule has 2 heterocycles. The molecule has 3 N–H and O–H groups in total. The Labute approximate surface area is 162 Å². The Morgan fingerprint density at radius 1 is 1.30 bits per heavy atom. The summed E-state index contributed by atoms with van der Waals surface area (Å²) in [5, 5.41) is 3.77. The second-order valence-corrected chi connectivity index (χ2v) is 6.94. The SMILES string of the molecule is Cc1nc(N[C@H](C)c2cccc(C(F)(F)CN)c2F)c2cc(Br)ncc2n1. The maximum atomic E-state index is 14.7. The summed E-state index contributed by atoms with van der Waals surface area (Å²) in [5.41, 5.74) is 5.09. The molecule has 27 heavy (non-hydrogen) atoms. The lowest BCUT2D eigenvalue weighted by atomic mass is 10.00. The van der Waals surface area contributed by atoms with Crippen LogP contribution in [0.2, 0.25) is 0 Å². The number of hydrogen-bond donors (Lipinski definition) is 2. The number of nitrogens with zero attached hydrogens (tertiary/aromatic N) is 3. The quantitative estimate of drug-likeness (QED) is 0.573. The molecule has 0 amide bonds. The van der Waals surface area contributed by atoms with Crippen LogP contribution in [0.15, 0.2) is 35.1 Å². The van der Waals surface area contributed by atoms with Gasteiger partial charge in [0.05, 0.1) is 29.9 Å². The number of alkyl halides is 2. The minimum absolute atomic E-state index is 0.0955. The first-order valence-electron chi connectivity index (χ1n) is 8.16. The van der Waals surface area contributed by atoms with Gasteiger partial charge >= 0.3 is 0 Å². The number of pyridine rings is 1. The lowest BCUT2D eigenvalue weighted by Crippen LogP contribution is -2.27. The van der Waals surface area contributed by atoms with Crippen LogP contribution in [0.4, 0.5) is 19.0 Å². The molecule has 0 radical (unpaired) electrons. The number of nitrogens with two attached hydrogens (primary N) is 1. The average molecular weight is 440 g/mol.